The summed E-state index contributed by atoms with van der Waals surface area (Å²) in [5.41, 5.74) is 1.11. The van der Waals surface area contributed by atoms with Gasteiger partial charge in [0.05, 0.1) is 30.6 Å². The Morgan fingerprint density at radius 3 is 2.46 bits per heavy atom. The molecule has 1 aliphatic heterocycles. The van der Waals surface area contributed by atoms with E-state index in [9.17, 15) is 8.42 Å². The number of furan rings is 1. The highest BCUT2D eigenvalue weighted by Crippen LogP contribution is 2.25. The van der Waals surface area contributed by atoms with Crippen molar-refractivity contribution in [2.75, 3.05) is 32.8 Å². The zero-order valence-electron chi connectivity index (χ0n) is 15.7. The fourth-order valence-corrected chi connectivity index (χ4v) is 4.81. The molecule has 0 aliphatic carbocycles. The lowest BCUT2D eigenvalue weighted by Crippen LogP contribution is -2.43. The van der Waals surface area contributed by atoms with Crippen LogP contribution in [0.5, 0.6) is 0 Å². The molecule has 0 bridgehead atoms. The molecule has 0 spiro atoms. The highest BCUT2D eigenvalue weighted by Gasteiger charge is 2.29. The Balaban J connectivity index is 1.82. The van der Waals surface area contributed by atoms with Crippen LogP contribution in [-0.2, 0) is 21.8 Å². The number of hydrogen-bond donors (Lipinski definition) is 1. The van der Waals surface area contributed by atoms with E-state index in [1.54, 1.807) is 25.6 Å². The number of sulfonamides is 1. The lowest BCUT2D eigenvalue weighted by Gasteiger charge is -2.33. The van der Waals surface area contributed by atoms with Gasteiger partial charge in [-0.1, -0.05) is 0 Å². The van der Waals surface area contributed by atoms with Crippen molar-refractivity contribution >= 4 is 10.0 Å². The number of nitrogens with zero attached hydrogens (tertiary/aromatic N) is 3. The van der Waals surface area contributed by atoms with Gasteiger partial charge < -0.3 is 9.15 Å². The maximum Gasteiger partial charge on any atom is 0.244 e. The average Bonchev–Trinajstić information content (AvgIpc) is 3.12. The van der Waals surface area contributed by atoms with Crippen molar-refractivity contribution in [1.29, 1.82) is 0 Å². The number of aryl methyl sites for hydroxylation is 3. The van der Waals surface area contributed by atoms with Crippen molar-refractivity contribution in [2.45, 2.75) is 31.7 Å². The van der Waals surface area contributed by atoms with Crippen LogP contribution in [0.4, 0.5) is 0 Å². The molecule has 3 heterocycles. The van der Waals surface area contributed by atoms with Gasteiger partial charge in [-0.3, -0.25) is 9.58 Å². The first-order valence-electron chi connectivity index (χ1n) is 8.67. The number of rotatable bonds is 6. The van der Waals surface area contributed by atoms with E-state index in [2.05, 4.69) is 14.7 Å². The molecule has 2 aromatic rings. The molecule has 1 unspecified atom stereocenters. The topological polar surface area (TPSA) is 89.6 Å². The van der Waals surface area contributed by atoms with Crippen LogP contribution < -0.4 is 4.72 Å². The third-order valence-corrected chi connectivity index (χ3v) is 6.43. The zero-order valence-corrected chi connectivity index (χ0v) is 16.5. The maximum absolute atomic E-state index is 12.9. The largest absolute Gasteiger partial charge is 0.465 e. The van der Waals surface area contributed by atoms with E-state index < -0.39 is 10.0 Å². The summed E-state index contributed by atoms with van der Waals surface area (Å²) >= 11 is 0. The quantitative estimate of drug-likeness (QED) is 0.810. The van der Waals surface area contributed by atoms with Crippen molar-refractivity contribution in [2.24, 2.45) is 7.05 Å². The Labute approximate surface area is 154 Å². The molecule has 2 aromatic heterocycles. The summed E-state index contributed by atoms with van der Waals surface area (Å²) in [5.74, 6) is 1.56. The van der Waals surface area contributed by atoms with Crippen molar-refractivity contribution in [3.05, 3.63) is 35.0 Å². The first-order valence-corrected chi connectivity index (χ1v) is 10.2. The summed E-state index contributed by atoms with van der Waals surface area (Å²) in [4.78, 5) is 2.43. The predicted octanol–water partition coefficient (Wildman–Crippen LogP) is 1.29. The lowest BCUT2D eigenvalue weighted by molar-refractivity contribution is 0.0127. The van der Waals surface area contributed by atoms with Crippen molar-refractivity contribution in [3.63, 3.8) is 0 Å². The highest BCUT2D eigenvalue weighted by molar-refractivity contribution is 7.89. The summed E-state index contributed by atoms with van der Waals surface area (Å²) < 4.78 is 41.3. The van der Waals surface area contributed by atoms with Crippen LogP contribution in [0.3, 0.4) is 0 Å². The van der Waals surface area contributed by atoms with E-state index in [0.29, 0.717) is 24.6 Å². The molecule has 0 radical (unpaired) electrons. The van der Waals surface area contributed by atoms with Crippen LogP contribution in [0.25, 0.3) is 0 Å². The fourth-order valence-electron chi connectivity index (χ4n) is 3.34. The van der Waals surface area contributed by atoms with Crippen molar-refractivity contribution < 1.29 is 17.6 Å². The predicted molar refractivity (Wildman–Crippen MR) is 96.4 cm³/mol. The normalized spacial score (nSPS) is 17.5. The number of aromatic nitrogens is 2. The molecule has 9 heteroatoms. The van der Waals surface area contributed by atoms with E-state index in [0.717, 1.165) is 24.6 Å². The Kier molecular flexibility index (Phi) is 5.52. The SMILES string of the molecule is Cc1ccc(C(CNS(=O)(=O)c2c(C)nn(C)c2C)N2CCOCC2)o1. The second kappa shape index (κ2) is 7.51. The standard InChI is InChI=1S/C17H26N4O4S/c1-12-5-6-16(25-12)15(21-7-9-24-10-8-21)11-18-26(22,23)17-13(2)19-20(4)14(17)3/h5-6,15,18H,7-11H2,1-4H3. The average molecular weight is 382 g/mol. The van der Waals surface area contributed by atoms with Gasteiger partial charge in [0.25, 0.3) is 0 Å². The van der Waals surface area contributed by atoms with E-state index >= 15 is 0 Å². The Morgan fingerprint density at radius 1 is 1.23 bits per heavy atom. The fraction of sp³-hybridized carbons (Fsp3) is 0.588. The molecule has 3 rings (SSSR count). The highest BCUT2D eigenvalue weighted by atomic mass is 32.2. The van der Waals surface area contributed by atoms with Crippen molar-refractivity contribution in [3.8, 4) is 0 Å². The third-order valence-electron chi connectivity index (χ3n) is 4.75. The number of hydrogen-bond acceptors (Lipinski definition) is 6. The van der Waals surface area contributed by atoms with Gasteiger partial charge in [-0.25, -0.2) is 13.1 Å². The first-order chi connectivity index (χ1) is 12.3. The summed E-state index contributed by atoms with van der Waals surface area (Å²) in [6.45, 7) is 8.29. The van der Waals surface area contributed by atoms with Gasteiger partial charge in [0.2, 0.25) is 10.0 Å². The van der Waals surface area contributed by atoms with E-state index in [-0.39, 0.29) is 17.5 Å². The van der Waals surface area contributed by atoms with Crippen LogP contribution in [0, 0.1) is 20.8 Å². The molecular formula is C17H26N4O4S. The molecule has 8 nitrogen and oxygen atoms in total. The Hall–Kier alpha value is -1.68. The Bertz CT molecular complexity index is 865. The summed E-state index contributed by atoms with van der Waals surface area (Å²) in [6.07, 6.45) is 0. The van der Waals surface area contributed by atoms with Gasteiger partial charge in [-0.05, 0) is 32.9 Å². The minimum Gasteiger partial charge on any atom is -0.465 e. The van der Waals surface area contributed by atoms with E-state index in [4.69, 9.17) is 9.15 Å². The lowest BCUT2D eigenvalue weighted by atomic mass is 10.2. The molecule has 1 aliphatic rings. The van der Waals surface area contributed by atoms with Gasteiger partial charge >= 0.3 is 0 Å². The Morgan fingerprint density at radius 2 is 1.92 bits per heavy atom. The number of ether oxygens (including phenoxy) is 1. The van der Waals surface area contributed by atoms with Gasteiger partial charge in [-0.15, -0.1) is 0 Å². The maximum atomic E-state index is 12.9. The molecular weight excluding hydrogens is 356 g/mol. The smallest absolute Gasteiger partial charge is 0.244 e. The number of nitrogens with one attached hydrogen (secondary N) is 1. The molecule has 26 heavy (non-hydrogen) atoms. The summed E-state index contributed by atoms with van der Waals surface area (Å²) in [7, 11) is -1.93. The van der Waals surface area contributed by atoms with Crippen LogP contribution >= 0.6 is 0 Å². The van der Waals surface area contributed by atoms with E-state index in [1.165, 1.54) is 0 Å². The molecule has 0 saturated carbocycles. The van der Waals surface area contributed by atoms with Crippen LogP contribution in [0.2, 0.25) is 0 Å². The third kappa shape index (κ3) is 3.85. The molecule has 0 aromatic carbocycles. The summed E-state index contributed by atoms with van der Waals surface area (Å²) in [6, 6.07) is 3.62. The molecule has 144 valence electrons. The minimum absolute atomic E-state index is 0.181. The van der Waals surface area contributed by atoms with Gasteiger partial charge in [0, 0.05) is 26.7 Å². The van der Waals surface area contributed by atoms with Crippen LogP contribution in [0.15, 0.2) is 21.4 Å². The van der Waals surface area contributed by atoms with Gasteiger partial charge in [0.15, 0.2) is 0 Å². The molecule has 1 fully saturated rings. The zero-order chi connectivity index (χ0) is 18.9. The van der Waals surface area contributed by atoms with Gasteiger partial charge in [-0.2, -0.15) is 5.10 Å². The molecule has 1 atom stereocenters. The van der Waals surface area contributed by atoms with E-state index in [1.807, 2.05) is 19.1 Å². The van der Waals surface area contributed by atoms with Crippen molar-refractivity contribution in [1.82, 2.24) is 19.4 Å². The summed E-state index contributed by atoms with van der Waals surface area (Å²) in [5, 5.41) is 4.21. The van der Waals surface area contributed by atoms with Crippen LogP contribution in [-0.4, -0.2) is 55.9 Å². The van der Waals surface area contributed by atoms with Crippen LogP contribution in [0.1, 0.15) is 29.0 Å². The van der Waals surface area contributed by atoms with Gasteiger partial charge in [0.1, 0.15) is 16.4 Å². The monoisotopic (exact) mass is 382 g/mol. The second-order valence-corrected chi connectivity index (χ2v) is 8.29. The first kappa shape index (κ1) is 19.1. The molecule has 0 amide bonds. The number of morpholine rings is 1. The molecule has 1 N–H and O–H groups in total. The minimum atomic E-state index is -3.67. The molecule has 1 saturated heterocycles. The second-order valence-electron chi connectivity index (χ2n) is 6.59.